The fourth-order valence-corrected chi connectivity index (χ4v) is 3.29. The number of imidazole rings is 1. The number of anilines is 1. The number of hydrogen-bond donors (Lipinski definition) is 4. The Bertz CT molecular complexity index is 1550. The van der Waals surface area contributed by atoms with Gasteiger partial charge in [0, 0.05) is 16.3 Å². The van der Waals surface area contributed by atoms with Crippen molar-refractivity contribution in [2.75, 3.05) is 5.32 Å². The van der Waals surface area contributed by atoms with Crippen molar-refractivity contribution in [2.45, 2.75) is 18.9 Å². The molecule has 12 heteroatoms. The van der Waals surface area contributed by atoms with Crippen molar-refractivity contribution in [1.82, 2.24) is 24.6 Å². The highest BCUT2D eigenvalue weighted by atomic mass is 35.5. The summed E-state index contributed by atoms with van der Waals surface area (Å²) in [6.07, 6.45) is 4.85. The number of H-pyrrole nitrogens is 2. The summed E-state index contributed by atoms with van der Waals surface area (Å²) in [6.45, 7) is 0. The van der Waals surface area contributed by atoms with Crippen molar-refractivity contribution < 1.29 is 14.3 Å². The van der Waals surface area contributed by atoms with Gasteiger partial charge >= 0.3 is 5.69 Å². The first-order chi connectivity index (χ1) is 15.4. The quantitative estimate of drug-likeness (QED) is 0.365. The molecule has 1 aliphatic carbocycles. The molecule has 162 valence electrons. The maximum absolute atomic E-state index is 14.1. The number of carbonyl (C=O) groups excluding carboxylic acids is 1. The molecule has 1 aliphatic rings. The zero-order chi connectivity index (χ0) is 22.4. The summed E-state index contributed by atoms with van der Waals surface area (Å²) in [5.41, 5.74) is 0.109. The molecule has 0 unspecified atom stereocenters. The molecule has 1 saturated carbocycles. The molecule has 0 atom stereocenters. The summed E-state index contributed by atoms with van der Waals surface area (Å²) in [5.74, 6) is -1.65. The summed E-state index contributed by atoms with van der Waals surface area (Å²) in [5, 5.41) is 17.4. The molecule has 1 aromatic carbocycles. The highest BCUT2D eigenvalue weighted by Crippen LogP contribution is 2.22. The van der Waals surface area contributed by atoms with Crippen LogP contribution in [0.3, 0.4) is 0 Å². The lowest BCUT2D eigenvalue weighted by molar-refractivity contribution is 0.102. The molecule has 0 aliphatic heterocycles. The van der Waals surface area contributed by atoms with Gasteiger partial charge in [-0.15, -0.1) is 0 Å². The van der Waals surface area contributed by atoms with Crippen LogP contribution in [0, 0.1) is 5.82 Å². The van der Waals surface area contributed by atoms with Crippen LogP contribution in [0.4, 0.5) is 10.2 Å². The predicted octanol–water partition coefficient (Wildman–Crippen LogP) is 1.11. The number of nitrogens with zero attached hydrogens (tertiary/aromatic N) is 4. The van der Waals surface area contributed by atoms with Crippen LogP contribution in [0.15, 0.2) is 40.2 Å². The minimum atomic E-state index is -0.725. The summed E-state index contributed by atoms with van der Waals surface area (Å²) in [6, 6.07) is 5.37. The Hall–Kier alpha value is -3.99. The molecule has 0 saturated heterocycles. The van der Waals surface area contributed by atoms with E-state index in [1.165, 1.54) is 35.0 Å². The van der Waals surface area contributed by atoms with Gasteiger partial charge in [0.05, 0.1) is 17.8 Å². The Labute approximate surface area is 183 Å². The molecule has 3 heterocycles. The predicted molar refractivity (Wildman–Crippen MR) is 113 cm³/mol. The number of amides is 1. The maximum Gasteiger partial charge on any atom is 0.326 e. The molecule has 5 rings (SSSR count). The van der Waals surface area contributed by atoms with E-state index in [1.807, 2.05) is 0 Å². The van der Waals surface area contributed by atoms with Gasteiger partial charge in [-0.1, -0.05) is 11.6 Å². The molecule has 4 N–H and O–H groups in total. The summed E-state index contributed by atoms with van der Waals surface area (Å²) < 4.78 is 15.6. The number of rotatable bonds is 4. The molecule has 3 aromatic heterocycles. The minimum absolute atomic E-state index is 0.128. The third kappa shape index (κ3) is 3.85. The second-order valence-electron chi connectivity index (χ2n) is 7.26. The molecule has 10 nitrogen and oxygen atoms in total. The number of aromatic hydroxyl groups is 1. The van der Waals surface area contributed by atoms with E-state index in [1.54, 1.807) is 0 Å². The highest BCUT2D eigenvalue weighted by Gasteiger charge is 2.21. The smallest absolute Gasteiger partial charge is 0.326 e. The van der Waals surface area contributed by atoms with Crippen LogP contribution in [-0.2, 0) is 0 Å². The van der Waals surface area contributed by atoms with Crippen molar-refractivity contribution in [1.29, 1.82) is 0 Å². The van der Waals surface area contributed by atoms with E-state index in [-0.39, 0.29) is 34.0 Å². The lowest BCUT2D eigenvalue weighted by Gasteiger charge is -2.07. The number of hydrogen-bond acceptors (Lipinski definition) is 6. The van der Waals surface area contributed by atoms with Gasteiger partial charge in [-0.2, -0.15) is 9.61 Å². The van der Waals surface area contributed by atoms with Crippen molar-refractivity contribution in [3.05, 3.63) is 73.8 Å². The van der Waals surface area contributed by atoms with E-state index in [0.29, 0.717) is 16.4 Å². The second kappa shape index (κ2) is 7.61. The Morgan fingerprint density at radius 1 is 1.34 bits per heavy atom. The lowest BCUT2D eigenvalue weighted by Crippen LogP contribution is -2.22. The number of aromatic nitrogens is 5. The standard InChI is InChI=1S/C20H15ClFN7O3/c21-10-1-4-13(22)12(6-10)18(30)27-15-7-16(24-11-2-3-11)29-17(26-15)9(8-23-29)5-14-19(31)28-20(32)25-14/h1,4-8,11,31H,2-3H2,(H,27,30)(H2,25,28,32)/b9-5+,24-16?. The van der Waals surface area contributed by atoms with Crippen LogP contribution in [0.2, 0.25) is 5.02 Å². The summed E-state index contributed by atoms with van der Waals surface area (Å²) in [4.78, 5) is 37.7. The number of benzene rings is 1. The topological polar surface area (TPSA) is 141 Å². The van der Waals surface area contributed by atoms with Crippen molar-refractivity contribution >= 4 is 35.0 Å². The fourth-order valence-electron chi connectivity index (χ4n) is 3.12. The van der Waals surface area contributed by atoms with Gasteiger partial charge in [0.25, 0.3) is 5.91 Å². The molecule has 32 heavy (non-hydrogen) atoms. The van der Waals surface area contributed by atoms with Gasteiger partial charge in [0.1, 0.15) is 17.3 Å². The Morgan fingerprint density at radius 2 is 2.16 bits per heavy atom. The summed E-state index contributed by atoms with van der Waals surface area (Å²) >= 11 is 5.89. The average molecular weight is 456 g/mol. The van der Waals surface area contributed by atoms with Crippen molar-refractivity contribution in [2.24, 2.45) is 4.99 Å². The van der Waals surface area contributed by atoms with Gasteiger partial charge in [-0.3, -0.25) is 14.8 Å². The van der Waals surface area contributed by atoms with Gasteiger partial charge in [0.2, 0.25) is 5.88 Å². The monoisotopic (exact) mass is 455 g/mol. The molecular weight excluding hydrogens is 441 g/mol. The van der Waals surface area contributed by atoms with E-state index < -0.39 is 17.4 Å². The number of halogens is 2. The van der Waals surface area contributed by atoms with Crippen molar-refractivity contribution in [3.63, 3.8) is 0 Å². The van der Waals surface area contributed by atoms with E-state index in [9.17, 15) is 19.1 Å². The Kier molecular flexibility index (Phi) is 4.74. The normalized spacial score (nSPS) is 14.9. The average Bonchev–Trinajstić information content (AvgIpc) is 3.38. The third-order valence-electron chi connectivity index (χ3n) is 4.79. The van der Waals surface area contributed by atoms with E-state index in [0.717, 1.165) is 18.9 Å². The third-order valence-corrected chi connectivity index (χ3v) is 5.03. The highest BCUT2D eigenvalue weighted by molar-refractivity contribution is 6.31. The summed E-state index contributed by atoms with van der Waals surface area (Å²) in [7, 11) is 0. The molecule has 0 bridgehead atoms. The first-order valence-corrected chi connectivity index (χ1v) is 9.97. The van der Waals surface area contributed by atoms with E-state index >= 15 is 0 Å². The first-order valence-electron chi connectivity index (χ1n) is 9.59. The number of carbonyl (C=O) groups is 1. The number of fused-ring (bicyclic) bond motifs is 1. The van der Waals surface area contributed by atoms with E-state index in [4.69, 9.17) is 11.6 Å². The largest absolute Gasteiger partial charge is 0.493 e. The zero-order valence-corrected chi connectivity index (χ0v) is 17.0. The van der Waals surface area contributed by atoms with Gasteiger partial charge in [-0.25, -0.2) is 14.2 Å². The van der Waals surface area contributed by atoms with Crippen LogP contribution in [0.1, 0.15) is 28.9 Å². The first kappa shape index (κ1) is 19.9. The molecule has 4 aromatic rings. The minimum Gasteiger partial charge on any atom is -0.493 e. The number of nitrogens with one attached hydrogen (secondary N) is 3. The molecule has 1 amide bonds. The van der Waals surface area contributed by atoms with Crippen LogP contribution < -0.4 is 21.7 Å². The molecule has 0 spiro atoms. The van der Waals surface area contributed by atoms with Crippen LogP contribution in [0.25, 0.3) is 11.7 Å². The molecular formula is C20H15ClFN7O3. The van der Waals surface area contributed by atoms with Crippen LogP contribution in [-0.4, -0.2) is 41.6 Å². The lowest BCUT2D eigenvalue weighted by atomic mass is 10.2. The van der Waals surface area contributed by atoms with Gasteiger partial charge < -0.3 is 15.4 Å². The van der Waals surface area contributed by atoms with E-state index in [2.05, 4.69) is 30.4 Å². The Balaban J connectivity index is 1.63. The van der Waals surface area contributed by atoms with Crippen LogP contribution in [0.5, 0.6) is 5.88 Å². The van der Waals surface area contributed by atoms with Gasteiger partial charge in [0.15, 0.2) is 11.1 Å². The SMILES string of the molecule is O=C(Nc1cc(=NC2CC2)n2nc/c(=C\c3[nH]c(=O)[nH]c3O)c2n1)c1cc(Cl)ccc1F. The van der Waals surface area contributed by atoms with Crippen LogP contribution >= 0.6 is 11.6 Å². The fraction of sp³-hybridized carbons (Fsp3) is 0.150. The number of aromatic amines is 2. The zero-order valence-electron chi connectivity index (χ0n) is 16.3. The maximum atomic E-state index is 14.1. The second-order valence-corrected chi connectivity index (χ2v) is 7.70. The molecule has 0 radical (unpaired) electrons. The Morgan fingerprint density at radius 3 is 2.88 bits per heavy atom. The molecule has 1 fully saturated rings. The van der Waals surface area contributed by atoms with Gasteiger partial charge in [-0.05, 0) is 37.1 Å². The van der Waals surface area contributed by atoms with Crippen molar-refractivity contribution in [3.8, 4) is 5.88 Å².